The predicted octanol–water partition coefficient (Wildman–Crippen LogP) is 3.74. The van der Waals surface area contributed by atoms with E-state index >= 15 is 0 Å². The molecule has 1 spiro atoms. The minimum absolute atomic E-state index is 0.211. The summed E-state index contributed by atoms with van der Waals surface area (Å²) in [5.74, 6) is 0.831. The molecule has 0 bridgehead atoms. The van der Waals surface area contributed by atoms with Crippen LogP contribution < -0.4 is 4.90 Å². The van der Waals surface area contributed by atoms with Gasteiger partial charge in [0.15, 0.2) is 0 Å². The van der Waals surface area contributed by atoms with E-state index in [0.29, 0.717) is 0 Å². The van der Waals surface area contributed by atoms with Crippen LogP contribution >= 0.6 is 22.9 Å². The van der Waals surface area contributed by atoms with E-state index in [9.17, 15) is 0 Å². The summed E-state index contributed by atoms with van der Waals surface area (Å²) in [4.78, 5) is 15.4. The lowest BCUT2D eigenvalue weighted by molar-refractivity contribution is 0.138. The van der Waals surface area contributed by atoms with Crippen molar-refractivity contribution in [3.63, 3.8) is 0 Å². The first-order chi connectivity index (χ1) is 11.6. The highest BCUT2D eigenvalue weighted by Crippen LogP contribution is 2.44. The summed E-state index contributed by atoms with van der Waals surface area (Å²) >= 11 is 7.79. The molecule has 1 saturated heterocycles. The fraction of sp³-hybridized carbons (Fsp3) is 0.556. The fourth-order valence-corrected chi connectivity index (χ4v) is 5.29. The molecule has 0 amide bonds. The summed E-state index contributed by atoms with van der Waals surface area (Å²) in [6.45, 7) is 3.26. The SMILES string of the molecule is CN(C)c1ncc2c(n1)C1(CCCN(Cc3ccc(Cl)s3)C1)CC2. The molecule has 0 aromatic carbocycles. The Bertz CT molecular complexity index is 740. The molecule has 6 heteroatoms. The highest BCUT2D eigenvalue weighted by molar-refractivity contribution is 7.16. The van der Waals surface area contributed by atoms with Crippen LogP contribution in [0, 0.1) is 0 Å². The molecule has 24 heavy (non-hydrogen) atoms. The molecule has 1 atom stereocenters. The average Bonchev–Trinajstić information content (AvgIpc) is 3.12. The summed E-state index contributed by atoms with van der Waals surface area (Å²) in [7, 11) is 4.02. The van der Waals surface area contributed by atoms with Crippen molar-refractivity contribution in [3.8, 4) is 0 Å². The monoisotopic (exact) mass is 362 g/mol. The quantitative estimate of drug-likeness (QED) is 0.832. The summed E-state index contributed by atoms with van der Waals surface area (Å²) in [5.41, 5.74) is 2.86. The first kappa shape index (κ1) is 16.3. The molecule has 1 unspecified atom stereocenters. The Labute approximate surface area is 152 Å². The lowest BCUT2D eigenvalue weighted by atomic mass is 9.77. The van der Waals surface area contributed by atoms with Gasteiger partial charge in [0, 0.05) is 43.7 Å². The maximum atomic E-state index is 6.09. The molecular weight excluding hydrogens is 340 g/mol. The third kappa shape index (κ3) is 2.93. The number of aromatic nitrogens is 2. The number of likely N-dealkylation sites (tertiary alicyclic amines) is 1. The molecule has 2 aliphatic rings. The summed E-state index contributed by atoms with van der Waals surface area (Å²) in [6, 6.07) is 4.16. The average molecular weight is 363 g/mol. The van der Waals surface area contributed by atoms with Gasteiger partial charge in [-0.05, 0) is 49.9 Å². The van der Waals surface area contributed by atoms with Crippen molar-refractivity contribution in [1.29, 1.82) is 0 Å². The number of fused-ring (bicyclic) bond motifs is 2. The normalized spacial score (nSPS) is 23.6. The van der Waals surface area contributed by atoms with Gasteiger partial charge in [-0.15, -0.1) is 11.3 Å². The number of nitrogens with zero attached hydrogens (tertiary/aromatic N) is 4. The smallest absolute Gasteiger partial charge is 0.225 e. The third-order valence-corrected chi connectivity index (χ3v) is 6.51. The number of hydrogen-bond acceptors (Lipinski definition) is 5. The Balaban J connectivity index is 1.59. The topological polar surface area (TPSA) is 32.3 Å². The van der Waals surface area contributed by atoms with Crippen molar-refractivity contribution in [2.45, 2.75) is 37.6 Å². The van der Waals surface area contributed by atoms with E-state index in [0.717, 1.165) is 36.3 Å². The molecule has 1 aliphatic heterocycles. The highest BCUT2D eigenvalue weighted by Gasteiger charge is 2.43. The number of rotatable bonds is 3. The van der Waals surface area contributed by atoms with Crippen LogP contribution in [-0.2, 0) is 18.4 Å². The highest BCUT2D eigenvalue weighted by atomic mass is 35.5. The molecule has 1 fully saturated rings. The molecular formula is C18H23ClN4S. The van der Waals surface area contributed by atoms with Gasteiger partial charge in [-0.2, -0.15) is 0 Å². The van der Waals surface area contributed by atoms with E-state index in [1.54, 1.807) is 11.3 Å². The molecule has 1 aliphatic carbocycles. The Hall–Kier alpha value is -1.17. The lowest BCUT2D eigenvalue weighted by Gasteiger charge is -2.40. The van der Waals surface area contributed by atoms with Gasteiger partial charge >= 0.3 is 0 Å². The van der Waals surface area contributed by atoms with Crippen molar-refractivity contribution in [1.82, 2.24) is 14.9 Å². The Morgan fingerprint density at radius 3 is 2.96 bits per heavy atom. The van der Waals surface area contributed by atoms with Crippen LogP contribution in [0.4, 0.5) is 5.95 Å². The number of halogens is 1. The summed E-state index contributed by atoms with van der Waals surface area (Å²) < 4.78 is 0.881. The summed E-state index contributed by atoms with van der Waals surface area (Å²) in [5, 5.41) is 0. The second-order valence-corrected chi connectivity index (χ2v) is 9.04. The molecule has 4 nitrogen and oxygen atoms in total. The van der Waals surface area contributed by atoms with Gasteiger partial charge in [0.05, 0.1) is 10.0 Å². The number of hydrogen-bond donors (Lipinski definition) is 0. The zero-order valence-electron chi connectivity index (χ0n) is 14.3. The summed E-state index contributed by atoms with van der Waals surface area (Å²) in [6.07, 6.45) is 6.84. The van der Waals surface area contributed by atoms with Crippen LogP contribution in [0.5, 0.6) is 0 Å². The van der Waals surface area contributed by atoms with Crippen LogP contribution in [0.3, 0.4) is 0 Å². The molecule has 4 rings (SSSR count). The molecule has 3 heterocycles. The molecule has 2 aromatic heterocycles. The van der Waals surface area contributed by atoms with Gasteiger partial charge in [-0.25, -0.2) is 9.97 Å². The molecule has 0 radical (unpaired) electrons. The van der Waals surface area contributed by atoms with Gasteiger partial charge in [-0.3, -0.25) is 4.90 Å². The third-order valence-electron chi connectivity index (χ3n) is 5.29. The fourth-order valence-electron chi connectivity index (χ4n) is 4.16. The van der Waals surface area contributed by atoms with Crippen LogP contribution in [0.2, 0.25) is 4.34 Å². The molecule has 0 saturated carbocycles. The van der Waals surface area contributed by atoms with Crippen molar-refractivity contribution in [2.75, 3.05) is 32.1 Å². The standard InChI is InChI=1S/C18H23ClN4S/c1-22(2)17-20-10-13-6-8-18(16(13)21-17)7-3-9-23(12-18)11-14-4-5-15(19)24-14/h4-5,10H,3,6-9,11-12H2,1-2H3. The van der Waals surface area contributed by atoms with Gasteiger partial charge in [-0.1, -0.05) is 11.6 Å². The molecule has 0 N–H and O–H groups in total. The van der Waals surface area contributed by atoms with Gasteiger partial charge in [0.25, 0.3) is 0 Å². The Morgan fingerprint density at radius 1 is 1.33 bits per heavy atom. The molecule has 2 aromatic rings. The second-order valence-electron chi connectivity index (χ2n) is 7.24. The van der Waals surface area contributed by atoms with E-state index < -0.39 is 0 Å². The van der Waals surface area contributed by atoms with Crippen molar-refractivity contribution in [3.05, 3.63) is 38.8 Å². The van der Waals surface area contributed by atoms with Crippen LogP contribution in [0.1, 0.15) is 35.4 Å². The zero-order valence-corrected chi connectivity index (χ0v) is 15.8. The van der Waals surface area contributed by atoms with Crippen molar-refractivity contribution in [2.24, 2.45) is 0 Å². The van der Waals surface area contributed by atoms with Gasteiger partial charge in [0.2, 0.25) is 5.95 Å². The van der Waals surface area contributed by atoms with E-state index in [2.05, 4.69) is 16.0 Å². The predicted molar refractivity (Wildman–Crippen MR) is 100 cm³/mol. The largest absolute Gasteiger partial charge is 0.347 e. The number of aryl methyl sites for hydroxylation is 1. The van der Waals surface area contributed by atoms with Crippen molar-refractivity contribution < 1.29 is 0 Å². The number of piperidine rings is 1. The minimum atomic E-state index is 0.211. The van der Waals surface area contributed by atoms with Crippen LogP contribution in [-0.4, -0.2) is 42.1 Å². The van der Waals surface area contributed by atoms with E-state index in [1.165, 1.54) is 35.4 Å². The zero-order chi connectivity index (χ0) is 16.7. The first-order valence-electron chi connectivity index (χ1n) is 8.56. The molecule has 128 valence electrons. The van der Waals surface area contributed by atoms with Crippen LogP contribution in [0.15, 0.2) is 18.3 Å². The lowest BCUT2D eigenvalue weighted by Crippen LogP contribution is -2.45. The maximum Gasteiger partial charge on any atom is 0.225 e. The Morgan fingerprint density at radius 2 is 2.21 bits per heavy atom. The van der Waals surface area contributed by atoms with Crippen molar-refractivity contribution >= 4 is 28.9 Å². The number of thiophene rings is 1. The van der Waals surface area contributed by atoms with Gasteiger partial charge in [0.1, 0.15) is 0 Å². The second kappa shape index (κ2) is 6.28. The van der Waals surface area contributed by atoms with E-state index in [-0.39, 0.29) is 5.41 Å². The minimum Gasteiger partial charge on any atom is -0.347 e. The van der Waals surface area contributed by atoms with Crippen LogP contribution in [0.25, 0.3) is 0 Å². The van der Waals surface area contributed by atoms with E-state index in [4.69, 9.17) is 16.6 Å². The Kier molecular flexibility index (Phi) is 4.27. The maximum absolute atomic E-state index is 6.09. The number of anilines is 1. The first-order valence-corrected chi connectivity index (χ1v) is 9.75. The van der Waals surface area contributed by atoms with Gasteiger partial charge < -0.3 is 4.90 Å². The van der Waals surface area contributed by atoms with E-state index in [1.807, 2.05) is 31.3 Å².